The predicted octanol–water partition coefficient (Wildman–Crippen LogP) is 2.21. The highest BCUT2D eigenvalue weighted by molar-refractivity contribution is 6.43. The summed E-state index contributed by atoms with van der Waals surface area (Å²) >= 11 is 5.64. The average molecular weight is 195 g/mol. The zero-order chi connectivity index (χ0) is 9.84. The van der Waals surface area contributed by atoms with Crippen LogP contribution in [-0.2, 0) is 0 Å². The van der Waals surface area contributed by atoms with Crippen molar-refractivity contribution >= 4 is 23.1 Å². The molecule has 0 spiro atoms. The highest BCUT2D eigenvalue weighted by atomic mass is 35.5. The Morgan fingerprint density at radius 2 is 1.92 bits per heavy atom. The molecule has 0 atom stereocenters. The number of carbonyl (C=O) groups excluding carboxylic acids is 1. The minimum absolute atomic E-state index is 0.0577. The Bertz CT molecular complexity index is 377. The monoisotopic (exact) mass is 194 g/mol. The Hall–Kier alpha value is -1.44. The van der Waals surface area contributed by atoms with Gasteiger partial charge in [0.25, 0.3) is 5.78 Å². The van der Waals surface area contributed by atoms with Crippen molar-refractivity contribution in [1.29, 1.82) is 0 Å². The van der Waals surface area contributed by atoms with Gasteiger partial charge in [-0.2, -0.15) is 4.79 Å². The number of ketones is 1. The van der Waals surface area contributed by atoms with Crippen LogP contribution in [0, 0.1) is 0 Å². The molecule has 3 nitrogen and oxygen atoms in total. The molecule has 1 rings (SSSR count). The van der Waals surface area contributed by atoms with Crippen molar-refractivity contribution in [2.24, 2.45) is 0 Å². The summed E-state index contributed by atoms with van der Waals surface area (Å²) in [4.78, 5) is 14.2. The van der Waals surface area contributed by atoms with Crippen molar-refractivity contribution in [2.45, 2.75) is 6.92 Å². The van der Waals surface area contributed by atoms with Gasteiger partial charge in [-0.15, -0.1) is 0 Å². The molecule has 1 aromatic rings. The number of Topliss-reactive ketones (excluding diaryl/α,β-unsaturated/α-hetero) is 1. The molecule has 13 heavy (non-hydrogen) atoms. The van der Waals surface area contributed by atoms with Crippen LogP contribution in [0.5, 0.6) is 0 Å². The number of carbonyl (C=O) groups is 1. The third kappa shape index (κ3) is 2.25. The molecule has 0 amide bonds. The first-order chi connectivity index (χ1) is 6.15. The fourth-order valence-corrected chi connectivity index (χ4v) is 0.982. The summed E-state index contributed by atoms with van der Waals surface area (Å²) in [5, 5.41) is 0.565. The fourth-order valence-electron chi connectivity index (χ4n) is 0.856. The first-order valence-electron chi connectivity index (χ1n) is 3.64. The Kier molecular flexibility index (Phi) is 2.96. The number of hydrogen-bond donors (Lipinski definition) is 0. The smallest absolute Gasteiger partial charge is 0.336 e. The molecular weight excluding hydrogens is 188 g/mol. The molecule has 0 heterocycles. The lowest BCUT2D eigenvalue weighted by molar-refractivity contribution is -0.00678. The first kappa shape index (κ1) is 9.65. The first-order valence-corrected chi connectivity index (χ1v) is 4.02. The Balaban J connectivity index is 3.03. The number of nitrogens with zero attached hydrogens (tertiary/aromatic N) is 2. The van der Waals surface area contributed by atoms with Gasteiger partial charge < -0.3 is 5.53 Å². The second kappa shape index (κ2) is 3.99. The minimum atomic E-state index is -0.306. The highest BCUT2D eigenvalue weighted by Crippen LogP contribution is 2.09. The Morgan fingerprint density at radius 1 is 1.38 bits per heavy atom. The van der Waals surface area contributed by atoms with E-state index in [9.17, 15) is 4.79 Å². The van der Waals surface area contributed by atoms with Gasteiger partial charge in [-0.05, 0) is 24.3 Å². The van der Waals surface area contributed by atoms with Crippen molar-refractivity contribution < 1.29 is 9.58 Å². The van der Waals surface area contributed by atoms with Crippen LogP contribution in [0.15, 0.2) is 24.3 Å². The predicted molar refractivity (Wildman–Crippen MR) is 50.1 cm³/mol. The van der Waals surface area contributed by atoms with Crippen molar-refractivity contribution in [2.75, 3.05) is 0 Å². The summed E-state index contributed by atoms with van der Waals surface area (Å²) in [5.41, 5.74) is 8.88. The van der Waals surface area contributed by atoms with Gasteiger partial charge in [0.15, 0.2) is 0 Å². The van der Waals surface area contributed by atoms with Gasteiger partial charge in [-0.3, -0.25) is 4.79 Å². The SMILES string of the molecule is CC(=[N+]=[N-])C(=O)c1ccc(Cl)cc1. The van der Waals surface area contributed by atoms with Gasteiger partial charge in [-0.1, -0.05) is 11.6 Å². The topological polar surface area (TPSA) is 53.5 Å². The second-order valence-electron chi connectivity index (χ2n) is 2.52. The van der Waals surface area contributed by atoms with E-state index in [1.165, 1.54) is 6.92 Å². The van der Waals surface area contributed by atoms with Gasteiger partial charge in [-0.25, -0.2) is 0 Å². The molecule has 0 aliphatic heterocycles. The van der Waals surface area contributed by atoms with Crippen LogP contribution in [0.25, 0.3) is 5.53 Å². The maximum absolute atomic E-state index is 11.4. The van der Waals surface area contributed by atoms with Gasteiger partial charge in [0.2, 0.25) is 0 Å². The molecular formula is C9H7ClN2O. The summed E-state index contributed by atoms with van der Waals surface area (Å²) in [6.07, 6.45) is 0. The molecule has 0 saturated heterocycles. The van der Waals surface area contributed by atoms with Crippen LogP contribution in [0.2, 0.25) is 5.02 Å². The van der Waals surface area contributed by atoms with Crippen LogP contribution in [0.3, 0.4) is 0 Å². The standard InChI is InChI=1S/C9H7ClN2O/c1-6(12-11)9(13)7-2-4-8(10)5-3-7/h2-5H,1H3. The van der Waals surface area contributed by atoms with Crippen LogP contribution >= 0.6 is 11.6 Å². The zero-order valence-electron chi connectivity index (χ0n) is 6.99. The normalized spacial score (nSPS) is 9.08. The molecule has 66 valence electrons. The van der Waals surface area contributed by atoms with Gasteiger partial charge in [0.1, 0.15) is 0 Å². The maximum atomic E-state index is 11.4. The fraction of sp³-hybridized carbons (Fsp3) is 0.111. The van der Waals surface area contributed by atoms with E-state index in [4.69, 9.17) is 17.1 Å². The summed E-state index contributed by atoms with van der Waals surface area (Å²) < 4.78 is 0. The lowest BCUT2D eigenvalue weighted by Crippen LogP contribution is -2.10. The van der Waals surface area contributed by atoms with E-state index in [0.717, 1.165) is 0 Å². The lowest BCUT2D eigenvalue weighted by atomic mass is 10.1. The van der Waals surface area contributed by atoms with Crippen LogP contribution in [0.4, 0.5) is 0 Å². The molecule has 0 radical (unpaired) electrons. The summed E-state index contributed by atoms with van der Waals surface area (Å²) in [6, 6.07) is 6.39. The molecule has 0 aliphatic carbocycles. The number of hydrogen-bond acceptors (Lipinski definition) is 1. The van der Waals surface area contributed by atoms with Crippen LogP contribution in [0.1, 0.15) is 17.3 Å². The molecule has 4 heteroatoms. The zero-order valence-corrected chi connectivity index (χ0v) is 7.75. The van der Waals surface area contributed by atoms with E-state index in [1.54, 1.807) is 24.3 Å². The van der Waals surface area contributed by atoms with Crippen LogP contribution < -0.4 is 0 Å². The summed E-state index contributed by atoms with van der Waals surface area (Å²) in [7, 11) is 0. The molecule has 0 fully saturated rings. The second-order valence-corrected chi connectivity index (χ2v) is 2.96. The lowest BCUT2D eigenvalue weighted by Gasteiger charge is -1.93. The third-order valence-corrected chi connectivity index (χ3v) is 1.84. The van der Waals surface area contributed by atoms with Crippen molar-refractivity contribution in [3.8, 4) is 0 Å². The number of benzene rings is 1. The molecule has 0 bridgehead atoms. The largest absolute Gasteiger partial charge is 0.361 e. The number of rotatable bonds is 2. The van der Waals surface area contributed by atoms with E-state index < -0.39 is 0 Å². The van der Waals surface area contributed by atoms with Crippen molar-refractivity contribution in [3.63, 3.8) is 0 Å². The van der Waals surface area contributed by atoms with Gasteiger partial charge in [0.05, 0.1) is 0 Å². The van der Waals surface area contributed by atoms with Crippen LogP contribution in [-0.4, -0.2) is 16.3 Å². The molecule has 0 unspecified atom stereocenters. The van der Waals surface area contributed by atoms with E-state index in [1.807, 2.05) is 0 Å². The minimum Gasteiger partial charge on any atom is -0.361 e. The van der Waals surface area contributed by atoms with E-state index in [2.05, 4.69) is 4.79 Å². The van der Waals surface area contributed by atoms with Crippen molar-refractivity contribution in [3.05, 3.63) is 40.4 Å². The van der Waals surface area contributed by atoms with Gasteiger partial charge >= 0.3 is 5.71 Å². The quantitative estimate of drug-likeness (QED) is 0.308. The third-order valence-electron chi connectivity index (χ3n) is 1.59. The molecule has 0 aromatic heterocycles. The average Bonchev–Trinajstić information content (AvgIpc) is 2.17. The maximum Gasteiger partial charge on any atom is 0.336 e. The Morgan fingerprint density at radius 3 is 2.38 bits per heavy atom. The van der Waals surface area contributed by atoms with Gasteiger partial charge in [0, 0.05) is 17.5 Å². The van der Waals surface area contributed by atoms with E-state index >= 15 is 0 Å². The molecule has 1 aromatic carbocycles. The van der Waals surface area contributed by atoms with E-state index in [0.29, 0.717) is 10.6 Å². The van der Waals surface area contributed by atoms with Crippen molar-refractivity contribution in [1.82, 2.24) is 0 Å². The molecule has 0 aliphatic rings. The summed E-state index contributed by atoms with van der Waals surface area (Å²) in [6.45, 7) is 1.44. The Labute approximate surface area is 80.6 Å². The number of halogens is 1. The highest BCUT2D eigenvalue weighted by Gasteiger charge is 2.15. The molecule has 0 saturated carbocycles. The summed E-state index contributed by atoms with van der Waals surface area (Å²) in [5.74, 6) is -0.306. The molecule has 0 N–H and O–H groups in total. The van der Waals surface area contributed by atoms with E-state index in [-0.39, 0.29) is 11.5 Å².